The highest BCUT2D eigenvalue weighted by molar-refractivity contribution is 4.77. The van der Waals surface area contributed by atoms with Crippen LogP contribution < -0.4 is 5.32 Å². The Balaban J connectivity index is 2.24. The molecule has 1 aliphatic heterocycles. The lowest BCUT2D eigenvalue weighted by atomic mass is 10.2. The lowest BCUT2D eigenvalue weighted by Crippen LogP contribution is -2.51. The van der Waals surface area contributed by atoms with E-state index in [1.54, 1.807) is 0 Å². The van der Waals surface area contributed by atoms with Crippen molar-refractivity contribution in [3.63, 3.8) is 0 Å². The van der Waals surface area contributed by atoms with Gasteiger partial charge in [0, 0.05) is 38.3 Å². The van der Waals surface area contributed by atoms with Crippen LogP contribution in [-0.2, 0) is 4.74 Å². The molecule has 1 N–H and O–H groups in total. The second-order valence-corrected chi connectivity index (χ2v) is 5.88. The van der Waals surface area contributed by atoms with Crippen molar-refractivity contribution < 1.29 is 4.74 Å². The predicted molar refractivity (Wildman–Crippen MR) is 81.7 cm³/mol. The molecule has 0 aliphatic carbocycles. The number of ether oxygens (including phenoxy) is 1. The number of hydrogen-bond donors (Lipinski definition) is 1. The molecule has 0 amide bonds. The Morgan fingerprint density at radius 1 is 1.26 bits per heavy atom. The Bertz CT molecular complexity index is 231. The summed E-state index contributed by atoms with van der Waals surface area (Å²) >= 11 is 0. The van der Waals surface area contributed by atoms with Crippen LogP contribution in [0.2, 0.25) is 0 Å². The first-order valence-corrected chi connectivity index (χ1v) is 7.88. The van der Waals surface area contributed by atoms with Crippen LogP contribution in [0.4, 0.5) is 0 Å². The van der Waals surface area contributed by atoms with Gasteiger partial charge in [-0.25, -0.2) is 0 Å². The van der Waals surface area contributed by atoms with Crippen molar-refractivity contribution in [2.75, 3.05) is 45.9 Å². The number of nitrogens with one attached hydrogen (secondary N) is 1. The van der Waals surface area contributed by atoms with Crippen LogP contribution in [-0.4, -0.2) is 73.9 Å². The predicted octanol–water partition coefficient (Wildman–Crippen LogP) is 1.42. The van der Waals surface area contributed by atoms with Gasteiger partial charge in [0.1, 0.15) is 0 Å². The summed E-state index contributed by atoms with van der Waals surface area (Å²) in [5.74, 6) is 0. The Morgan fingerprint density at radius 3 is 2.53 bits per heavy atom. The molecule has 0 saturated carbocycles. The first kappa shape index (κ1) is 16.9. The highest BCUT2D eigenvalue weighted by Crippen LogP contribution is 2.08. The van der Waals surface area contributed by atoms with Gasteiger partial charge in [0.25, 0.3) is 0 Å². The molecule has 0 spiro atoms. The van der Waals surface area contributed by atoms with Gasteiger partial charge >= 0.3 is 0 Å². The molecule has 1 aliphatic rings. The number of hydrogen-bond acceptors (Lipinski definition) is 4. The molecular weight excluding hydrogens is 238 g/mol. The average Bonchev–Trinajstić information content (AvgIpc) is 2.42. The van der Waals surface area contributed by atoms with Gasteiger partial charge in [0.15, 0.2) is 0 Å². The van der Waals surface area contributed by atoms with E-state index in [0.717, 1.165) is 45.9 Å². The molecule has 0 bridgehead atoms. The number of rotatable bonds is 8. The average molecular weight is 271 g/mol. The molecule has 1 saturated heterocycles. The lowest BCUT2D eigenvalue weighted by Gasteiger charge is -2.36. The second-order valence-electron chi connectivity index (χ2n) is 5.88. The van der Waals surface area contributed by atoms with Crippen molar-refractivity contribution in [3.8, 4) is 0 Å². The maximum atomic E-state index is 5.85. The minimum Gasteiger partial charge on any atom is -0.374 e. The first-order valence-electron chi connectivity index (χ1n) is 7.88. The molecule has 0 aromatic heterocycles. The van der Waals surface area contributed by atoms with Crippen molar-refractivity contribution in [2.45, 2.75) is 52.8 Å². The van der Waals surface area contributed by atoms with E-state index in [1.807, 2.05) is 0 Å². The molecule has 4 nitrogen and oxygen atoms in total. The Labute approximate surface area is 119 Å². The van der Waals surface area contributed by atoms with Gasteiger partial charge in [-0.3, -0.25) is 4.90 Å². The van der Waals surface area contributed by atoms with Crippen molar-refractivity contribution in [1.82, 2.24) is 15.1 Å². The molecule has 2 unspecified atom stereocenters. The van der Waals surface area contributed by atoms with E-state index >= 15 is 0 Å². The quantitative estimate of drug-likeness (QED) is 0.722. The Kier molecular flexibility index (Phi) is 7.91. The van der Waals surface area contributed by atoms with Crippen molar-refractivity contribution in [2.24, 2.45) is 0 Å². The minimum atomic E-state index is 0.343. The summed E-state index contributed by atoms with van der Waals surface area (Å²) in [6, 6.07) is 1.15. The Morgan fingerprint density at radius 2 is 1.95 bits per heavy atom. The SMILES string of the molecule is CCN(CC)CC(C)NCC1CN(C(C)C)CCO1. The summed E-state index contributed by atoms with van der Waals surface area (Å²) in [6.45, 7) is 18.6. The van der Waals surface area contributed by atoms with Gasteiger partial charge in [0.05, 0.1) is 12.7 Å². The second kappa shape index (κ2) is 8.90. The van der Waals surface area contributed by atoms with Gasteiger partial charge in [-0.1, -0.05) is 13.8 Å². The largest absolute Gasteiger partial charge is 0.374 e. The molecule has 1 fully saturated rings. The van der Waals surface area contributed by atoms with Crippen LogP contribution in [0.3, 0.4) is 0 Å². The molecule has 1 heterocycles. The summed E-state index contributed by atoms with van der Waals surface area (Å²) in [5, 5.41) is 3.62. The lowest BCUT2D eigenvalue weighted by molar-refractivity contribution is -0.0382. The number of likely N-dealkylation sites (N-methyl/N-ethyl adjacent to an activating group) is 1. The zero-order valence-corrected chi connectivity index (χ0v) is 13.5. The topological polar surface area (TPSA) is 27.7 Å². The molecule has 4 heteroatoms. The van der Waals surface area contributed by atoms with E-state index < -0.39 is 0 Å². The summed E-state index contributed by atoms with van der Waals surface area (Å²) in [5.41, 5.74) is 0. The molecule has 2 atom stereocenters. The van der Waals surface area contributed by atoms with Crippen LogP contribution >= 0.6 is 0 Å². The van der Waals surface area contributed by atoms with Crippen LogP contribution in [0.5, 0.6) is 0 Å². The van der Waals surface area contributed by atoms with E-state index in [1.165, 1.54) is 0 Å². The molecule has 1 rings (SSSR count). The van der Waals surface area contributed by atoms with Gasteiger partial charge in [-0.15, -0.1) is 0 Å². The van der Waals surface area contributed by atoms with Gasteiger partial charge < -0.3 is 15.0 Å². The van der Waals surface area contributed by atoms with Crippen LogP contribution in [0, 0.1) is 0 Å². The minimum absolute atomic E-state index is 0.343. The van der Waals surface area contributed by atoms with Gasteiger partial charge in [-0.05, 0) is 33.9 Å². The van der Waals surface area contributed by atoms with Crippen molar-refractivity contribution >= 4 is 0 Å². The summed E-state index contributed by atoms with van der Waals surface area (Å²) in [7, 11) is 0. The number of morpholine rings is 1. The number of nitrogens with zero attached hydrogens (tertiary/aromatic N) is 2. The fourth-order valence-corrected chi connectivity index (χ4v) is 2.60. The molecular formula is C15H33N3O. The van der Waals surface area contributed by atoms with E-state index in [4.69, 9.17) is 4.74 Å². The third-order valence-corrected chi connectivity index (χ3v) is 4.02. The maximum Gasteiger partial charge on any atom is 0.0826 e. The molecule has 0 radical (unpaired) electrons. The molecule has 19 heavy (non-hydrogen) atoms. The van der Waals surface area contributed by atoms with E-state index in [0.29, 0.717) is 18.2 Å². The van der Waals surface area contributed by atoms with Gasteiger partial charge in [-0.2, -0.15) is 0 Å². The highest BCUT2D eigenvalue weighted by atomic mass is 16.5. The molecule has 0 aromatic rings. The maximum absolute atomic E-state index is 5.85. The van der Waals surface area contributed by atoms with E-state index in [9.17, 15) is 0 Å². The zero-order valence-electron chi connectivity index (χ0n) is 13.5. The molecule has 0 aromatic carbocycles. The standard InChI is InChI=1S/C15H33N3O/c1-6-17(7-2)11-14(5)16-10-15-12-18(13(3)4)8-9-19-15/h13-16H,6-12H2,1-5H3. The fraction of sp³-hybridized carbons (Fsp3) is 1.00. The first-order chi connectivity index (χ1) is 9.06. The zero-order chi connectivity index (χ0) is 14.3. The Hall–Kier alpha value is -0.160. The van der Waals surface area contributed by atoms with Crippen molar-refractivity contribution in [3.05, 3.63) is 0 Å². The smallest absolute Gasteiger partial charge is 0.0826 e. The highest BCUT2D eigenvalue weighted by Gasteiger charge is 2.22. The van der Waals surface area contributed by atoms with Crippen molar-refractivity contribution in [1.29, 1.82) is 0 Å². The third kappa shape index (κ3) is 6.21. The van der Waals surface area contributed by atoms with Crippen LogP contribution in [0.1, 0.15) is 34.6 Å². The molecule has 114 valence electrons. The monoisotopic (exact) mass is 271 g/mol. The summed E-state index contributed by atoms with van der Waals surface area (Å²) in [6.07, 6.45) is 0.343. The third-order valence-electron chi connectivity index (χ3n) is 4.02. The summed E-state index contributed by atoms with van der Waals surface area (Å²) < 4.78 is 5.85. The van der Waals surface area contributed by atoms with Crippen LogP contribution in [0.25, 0.3) is 0 Å². The summed E-state index contributed by atoms with van der Waals surface area (Å²) in [4.78, 5) is 4.96. The van der Waals surface area contributed by atoms with Gasteiger partial charge in [0.2, 0.25) is 0 Å². The normalized spacial score (nSPS) is 23.2. The van der Waals surface area contributed by atoms with E-state index in [-0.39, 0.29) is 0 Å². The fourth-order valence-electron chi connectivity index (χ4n) is 2.60. The van der Waals surface area contributed by atoms with Crippen LogP contribution in [0.15, 0.2) is 0 Å². The van der Waals surface area contributed by atoms with E-state index in [2.05, 4.69) is 49.7 Å².